The zero-order valence-electron chi connectivity index (χ0n) is 12.7. The number of benzene rings is 1. The van der Waals surface area contributed by atoms with Crippen LogP contribution in [0.5, 0.6) is 0 Å². The van der Waals surface area contributed by atoms with Crippen molar-refractivity contribution in [3.63, 3.8) is 0 Å². The third-order valence-corrected chi connectivity index (χ3v) is 5.05. The summed E-state index contributed by atoms with van der Waals surface area (Å²) in [6.07, 6.45) is 8.04. The Morgan fingerprint density at radius 3 is 2.80 bits per heavy atom. The second-order valence-electron chi connectivity index (χ2n) is 6.41. The fourth-order valence-electron chi connectivity index (χ4n) is 4.02. The molecule has 110 valence electrons. The third kappa shape index (κ3) is 3.07. The number of piperidine rings is 1. The second kappa shape index (κ2) is 6.73. The Morgan fingerprint density at radius 1 is 1.15 bits per heavy atom. The average Bonchev–Trinajstić information content (AvgIpc) is 2.91. The van der Waals surface area contributed by atoms with Gasteiger partial charge in [0.05, 0.1) is 0 Å². The number of nitrogens with zero attached hydrogens (tertiary/aromatic N) is 1. The Balaban J connectivity index is 1.67. The molecule has 2 saturated heterocycles. The van der Waals surface area contributed by atoms with Crippen LogP contribution in [0.1, 0.15) is 57.1 Å². The van der Waals surface area contributed by atoms with Crippen LogP contribution < -0.4 is 5.32 Å². The van der Waals surface area contributed by atoms with Crippen molar-refractivity contribution in [1.82, 2.24) is 10.2 Å². The maximum atomic E-state index is 3.99. The minimum Gasteiger partial charge on any atom is -0.306 e. The molecule has 2 fully saturated rings. The fourth-order valence-corrected chi connectivity index (χ4v) is 4.02. The van der Waals surface area contributed by atoms with E-state index in [1.165, 1.54) is 57.2 Å². The minimum absolute atomic E-state index is 0.535. The van der Waals surface area contributed by atoms with E-state index in [-0.39, 0.29) is 0 Å². The van der Waals surface area contributed by atoms with Crippen LogP contribution in [0.3, 0.4) is 0 Å². The monoisotopic (exact) mass is 272 g/mol. The zero-order valence-corrected chi connectivity index (χ0v) is 12.7. The van der Waals surface area contributed by atoms with Crippen LogP contribution in [0.25, 0.3) is 0 Å². The lowest BCUT2D eigenvalue weighted by molar-refractivity contribution is 0.175. The summed E-state index contributed by atoms with van der Waals surface area (Å²) in [6, 6.07) is 13.0. The molecular formula is C18H28N2. The molecule has 2 heterocycles. The summed E-state index contributed by atoms with van der Waals surface area (Å²) in [4.78, 5) is 2.72. The maximum absolute atomic E-state index is 3.99. The van der Waals surface area contributed by atoms with Gasteiger partial charge < -0.3 is 5.32 Å². The van der Waals surface area contributed by atoms with Gasteiger partial charge in [0.15, 0.2) is 0 Å². The Hall–Kier alpha value is -0.860. The number of rotatable bonds is 5. The van der Waals surface area contributed by atoms with Crippen LogP contribution >= 0.6 is 0 Å². The highest BCUT2D eigenvalue weighted by molar-refractivity contribution is 5.19. The smallest absolute Gasteiger partial charge is 0.0323 e. The molecule has 0 spiro atoms. The molecule has 2 heteroatoms. The van der Waals surface area contributed by atoms with E-state index in [1.54, 1.807) is 0 Å². The van der Waals surface area contributed by atoms with Crippen molar-refractivity contribution in [2.45, 2.75) is 63.6 Å². The van der Waals surface area contributed by atoms with Gasteiger partial charge >= 0.3 is 0 Å². The van der Waals surface area contributed by atoms with Crippen molar-refractivity contribution in [2.75, 3.05) is 13.1 Å². The minimum atomic E-state index is 0.535. The Labute approximate surface area is 123 Å². The SMILES string of the molecule is CCCC(NC1CCN2CCCCC12)c1ccccc1. The lowest BCUT2D eigenvalue weighted by Gasteiger charge is -2.34. The summed E-state index contributed by atoms with van der Waals surface area (Å²) in [5, 5.41) is 3.99. The van der Waals surface area contributed by atoms with Crippen LogP contribution in [-0.4, -0.2) is 30.1 Å². The molecular weight excluding hydrogens is 244 g/mol. The van der Waals surface area contributed by atoms with Crippen LogP contribution in [-0.2, 0) is 0 Å². The van der Waals surface area contributed by atoms with Crippen molar-refractivity contribution in [3.8, 4) is 0 Å². The van der Waals surface area contributed by atoms with Gasteiger partial charge in [0, 0.05) is 24.7 Å². The van der Waals surface area contributed by atoms with Gasteiger partial charge in [-0.15, -0.1) is 0 Å². The van der Waals surface area contributed by atoms with Gasteiger partial charge in [-0.1, -0.05) is 50.1 Å². The van der Waals surface area contributed by atoms with Crippen molar-refractivity contribution < 1.29 is 0 Å². The van der Waals surface area contributed by atoms with E-state index in [2.05, 4.69) is 47.5 Å². The Bertz CT molecular complexity index is 403. The first kappa shape index (κ1) is 14.1. The third-order valence-electron chi connectivity index (χ3n) is 5.05. The predicted octanol–water partition coefficient (Wildman–Crippen LogP) is 3.74. The molecule has 0 radical (unpaired) electrons. The molecule has 3 atom stereocenters. The molecule has 3 unspecified atom stereocenters. The summed E-state index contributed by atoms with van der Waals surface area (Å²) in [6.45, 7) is 4.92. The lowest BCUT2D eigenvalue weighted by Crippen LogP contribution is -2.45. The Kier molecular flexibility index (Phi) is 4.74. The highest BCUT2D eigenvalue weighted by Crippen LogP contribution is 2.30. The van der Waals surface area contributed by atoms with Crippen molar-refractivity contribution in [3.05, 3.63) is 35.9 Å². The summed E-state index contributed by atoms with van der Waals surface area (Å²) in [5.74, 6) is 0. The summed E-state index contributed by atoms with van der Waals surface area (Å²) in [5.41, 5.74) is 1.46. The van der Waals surface area contributed by atoms with E-state index < -0.39 is 0 Å². The van der Waals surface area contributed by atoms with Crippen LogP contribution in [0, 0.1) is 0 Å². The molecule has 2 aliphatic heterocycles. The molecule has 1 N–H and O–H groups in total. The molecule has 2 aliphatic rings. The van der Waals surface area contributed by atoms with Gasteiger partial charge in [-0.05, 0) is 37.8 Å². The molecule has 1 aromatic carbocycles. The van der Waals surface area contributed by atoms with Gasteiger partial charge in [0.2, 0.25) is 0 Å². The van der Waals surface area contributed by atoms with Crippen molar-refractivity contribution >= 4 is 0 Å². The second-order valence-corrected chi connectivity index (χ2v) is 6.41. The fraction of sp³-hybridized carbons (Fsp3) is 0.667. The molecule has 2 nitrogen and oxygen atoms in total. The van der Waals surface area contributed by atoms with Gasteiger partial charge in [-0.25, -0.2) is 0 Å². The summed E-state index contributed by atoms with van der Waals surface area (Å²) < 4.78 is 0. The van der Waals surface area contributed by atoms with E-state index in [0.29, 0.717) is 12.1 Å². The topological polar surface area (TPSA) is 15.3 Å². The van der Waals surface area contributed by atoms with E-state index in [1.807, 2.05) is 0 Å². The standard InChI is InChI=1S/C18H28N2/c1-2-8-16(15-9-4-3-5-10-15)19-17-12-14-20-13-7-6-11-18(17)20/h3-5,9-10,16-19H,2,6-8,11-14H2,1H3. The highest BCUT2D eigenvalue weighted by Gasteiger charge is 2.36. The number of nitrogens with one attached hydrogen (secondary N) is 1. The molecule has 0 aliphatic carbocycles. The molecule has 0 aromatic heterocycles. The van der Waals surface area contributed by atoms with Gasteiger partial charge in [-0.2, -0.15) is 0 Å². The van der Waals surface area contributed by atoms with Crippen LogP contribution in [0.15, 0.2) is 30.3 Å². The van der Waals surface area contributed by atoms with Crippen LogP contribution in [0.2, 0.25) is 0 Å². The number of fused-ring (bicyclic) bond motifs is 1. The molecule has 3 rings (SSSR count). The molecule has 20 heavy (non-hydrogen) atoms. The normalized spacial score (nSPS) is 28.2. The van der Waals surface area contributed by atoms with Gasteiger partial charge in [0.25, 0.3) is 0 Å². The van der Waals surface area contributed by atoms with E-state index in [0.717, 1.165) is 6.04 Å². The largest absolute Gasteiger partial charge is 0.306 e. The van der Waals surface area contributed by atoms with Gasteiger partial charge in [-0.3, -0.25) is 4.90 Å². The Morgan fingerprint density at radius 2 is 2.00 bits per heavy atom. The van der Waals surface area contributed by atoms with Crippen molar-refractivity contribution in [2.24, 2.45) is 0 Å². The van der Waals surface area contributed by atoms with E-state index in [9.17, 15) is 0 Å². The first-order valence-corrected chi connectivity index (χ1v) is 8.43. The number of hydrogen-bond acceptors (Lipinski definition) is 2. The quantitative estimate of drug-likeness (QED) is 0.878. The highest BCUT2D eigenvalue weighted by atomic mass is 15.2. The zero-order chi connectivity index (χ0) is 13.8. The first-order valence-electron chi connectivity index (χ1n) is 8.43. The lowest BCUT2D eigenvalue weighted by atomic mass is 9.96. The predicted molar refractivity (Wildman–Crippen MR) is 84.8 cm³/mol. The maximum Gasteiger partial charge on any atom is 0.0323 e. The van der Waals surface area contributed by atoms with Crippen LogP contribution in [0.4, 0.5) is 0 Å². The average molecular weight is 272 g/mol. The molecule has 0 saturated carbocycles. The van der Waals surface area contributed by atoms with E-state index >= 15 is 0 Å². The van der Waals surface area contributed by atoms with Crippen molar-refractivity contribution in [1.29, 1.82) is 0 Å². The number of hydrogen-bond donors (Lipinski definition) is 1. The van der Waals surface area contributed by atoms with Gasteiger partial charge in [0.1, 0.15) is 0 Å². The van der Waals surface area contributed by atoms with E-state index in [4.69, 9.17) is 0 Å². The molecule has 0 bridgehead atoms. The first-order chi connectivity index (χ1) is 9.88. The summed E-state index contributed by atoms with van der Waals surface area (Å²) >= 11 is 0. The summed E-state index contributed by atoms with van der Waals surface area (Å²) in [7, 11) is 0. The molecule has 0 amide bonds. The molecule has 1 aromatic rings.